The molecule has 2 aromatic rings. The summed E-state index contributed by atoms with van der Waals surface area (Å²) >= 11 is 11.9. The van der Waals surface area contributed by atoms with Crippen molar-refractivity contribution in [3.05, 3.63) is 63.6 Å². The van der Waals surface area contributed by atoms with E-state index in [9.17, 15) is 9.59 Å². The monoisotopic (exact) mass is 389 g/mol. The van der Waals surface area contributed by atoms with Gasteiger partial charge in [-0.2, -0.15) is 5.10 Å². The van der Waals surface area contributed by atoms with Crippen LogP contribution in [0.2, 0.25) is 10.0 Å². The fraction of sp³-hybridized carbons (Fsp3) is 0.211. The van der Waals surface area contributed by atoms with Crippen molar-refractivity contribution < 1.29 is 9.59 Å². The van der Waals surface area contributed by atoms with Crippen molar-refractivity contribution in [3.8, 4) is 0 Å². The second-order valence-electron chi connectivity index (χ2n) is 6.10. The molecule has 1 aliphatic carbocycles. The molecule has 0 aliphatic heterocycles. The topological polar surface area (TPSA) is 70.6 Å². The first-order valence-corrected chi connectivity index (χ1v) is 8.90. The zero-order valence-electron chi connectivity index (χ0n) is 14.1. The van der Waals surface area contributed by atoms with Crippen LogP contribution in [0.5, 0.6) is 0 Å². The molecule has 2 aromatic carbocycles. The Balaban J connectivity index is 1.64. The Hall–Kier alpha value is -2.37. The van der Waals surface area contributed by atoms with Gasteiger partial charge in [0.05, 0.1) is 16.3 Å². The van der Waals surface area contributed by atoms with E-state index in [0.717, 1.165) is 18.4 Å². The minimum Gasteiger partial charge on any atom is -0.322 e. The summed E-state index contributed by atoms with van der Waals surface area (Å²) in [7, 11) is 0. The van der Waals surface area contributed by atoms with Gasteiger partial charge in [-0.3, -0.25) is 9.59 Å². The maximum atomic E-state index is 12.3. The van der Waals surface area contributed by atoms with Crippen molar-refractivity contribution in [2.24, 2.45) is 11.0 Å². The summed E-state index contributed by atoms with van der Waals surface area (Å²) < 4.78 is 0. The van der Waals surface area contributed by atoms with Crippen LogP contribution < -0.4 is 10.7 Å². The van der Waals surface area contributed by atoms with E-state index in [-0.39, 0.29) is 17.7 Å². The molecule has 0 radical (unpaired) electrons. The van der Waals surface area contributed by atoms with E-state index in [1.807, 2.05) is 19.1 Å². The van der Waals surface area contributed by atoms with Crippen molar-refractivity contribution in [2.45, 2.75) is 19.8 Å². The van der Waals surface area contributed by atoms with Crippen LogP contribution in [0.1, 0.15) is 35.7 Å². The van der Waals surface area contributed by atoms with E-state index in [1.54, 1.807) is 24.3 Å². The number of rotatable bonds is 5. The molecule has 0 aromatic heterocycles. The Labute approximate surface area is 161 Å². The van der Waals surface area contributed by atoms with Gasteiger partial charge in [-0.15, -0.1) is 0 Å². The molecule has 1 saturated carbocycles. The smallest absolute Gasteiger partial charge is 0.257 e. The third-order valence-electron chi connectivity index (χ3n) is 4.02. The second-order valence-corrected chi connectivity index (χ2v) is 6.95. The Bertz CT molecular complexity index is 875. The van der Waals surface area contributed by atoms with E-state index >= 15 is 0 Å². The number of carbonyl (C=O) groups is 2. The molecular formula is C19H17Cl2N3O2. The van der Waals surface area contributed by atoms with Crippen molar-refractivity contribution in [1.82, 2.24) is 5.43 Å². The molecule has 0 atom stereocenters. The first-order chi connectivity index (χ1) is 12.4. The number of amides is 2. The molecule has 3 rings (SSSR count). The van der Waals surface area contributed by atoms with Crippen LogP contribution in [0.15, 0.2) is 47.6 Å². The number of anilines is 1. The van der Waals surface area contributed by atoms with E-state index in [1.165, 1.54) is 6.07 Å². The fourth-order valence-electron chi connectivity index (χ4n) is 2.31. The zero-order valence-corrected chi connectivity index (χ0v) is 15.6. The van der Waals surface area contributed by atoms with E-state index < -0.39 is 0 Å². The van der Waals surface area contributed by atoms with Crippen LogP contribution in [0, 0.1) is 5.92 Å². The third kappa shape index (κ3) is 4.62. The number of nitrogens with zero attached hydrogens (tertiary/aromatic N) is 1. The van der Waals surface area contributed by atoms with Crippen molar-refractivity contribution in [1.29, 1.82) is 0 Å². The molecule has 0 spiro atoms. The summed E-state index contributed by atoms with van der Waals surface area (Å²) in [5.74, 6) is -0.238. The Morgan fingerprint density at radius 2 is 1.77 bits per heavy atom. The highest BCUT2D eigenvalue weighted by Gasteiger charge is 2.29. The number of carbonyl (C=O) groups excluding carboxylic acids is 2. The van der Waals surface area contributed by atoms with E-state index in [4.69, 9.17) is 23.2 Å². The zero-order chi connectivity index (χ0) is 18.7. The van der Waals surface area contributed by atoms with Crippen LogP contribution in [0.3, 0.4) is 0 Å². The van der Waals surface area contributed by atoms with Gasteiger partial charge in [-0.05, 0) is 55.7 Å². The highest BCUT2D eigenvalue weighted by atomic mass is 35.5. The van der Waals surface area contributed by atoms with Gasteiger partial charge >= 0.3 is 0 Å². The van der Waals surface area contributed by atoms with Crippen LogP contribution in [0.25, 0.3) is 0 Å². The number of benzene rings is 2. The molecule has 0 unspecified atom stereocenters. The summed E-state index contributed by atoms with van der Waals surface area (Å²) in [6.45, 7) is 1.81. The predicted octanol–water partition coefficient (Wildman–Crippen LogP) is 4.50. The molecular weight excluding hydrogens is 373 g/mol. The van der Waals surface area contributed by atoms with Gasteiger partial charge in [0.1, 0.15) is 0 Å². The molecule has 0 saturated heterocycles. The molecule has 7 heteroatoms. The lowest BCUT2D eigenvalue weighted by molar-refractivity contribution is -0.122. The molecule has 5 nitrogen and oxygen atoms in total. The summed E-state index contributed by atoms with van der Waals surface area (Å²) in [6.07, 6.45) is 1.87. The van der Waals surface area contributed by atoms with E-state index in [0.29, 0.717) is 27.0 Å². The molecule has 26 heavy (non-hydrogen) atoms. The van der Waals surface area contributed by atoms with Crippen molar-refractivity contribution in [2.75, 3.05) is 5.32 Å². The van der Waals surface area contributed by atoms with Gasteiger partial charge in [0.25, 0.3) is 5.91 Å². The van der Waals surface area contributed by atoms with Crippen LogP contribution >= 0.6 is 23.2 Å². The Morgan fingerprint density at radius 3 is 2.38 bits per heavy atom. The Kier molecular flexibility index (Phi) is 5.59. The van der Waals surface area contributed by atoms with Crippen LogP contribution in [-0.4, -0.2) is 17.5 Å². The van der Waals surface area contributed by atoms with Gasteiger partial charge in [0, 0.05) is 16.6 Å². The number of halogens is 2. The van der Waals surface area contributed by atoms with Gasteiger partial charge < -0.3 is 5.32 Å². The first-order valence-electron chi connectivity index (χ1n) is 8.15. The second kappa shape index (κ2) is 7.89. The maximum absolute atomic E-state index is 12.3. The number of nitrogens with one attached hydrogen (secondary N) is 2. The van der Waals surface area contributed by atoms with Crippen molar-refractivity contribution >= 4 is 46.4 Å². The lowest BCUT2D eigenvalue weighted by atomic mass is 10.1. The standard InChI is InChI=1S/C19H17Cl2N3O2/c1-11(23-24-18(25)13-2-3-13)12-4-7-15(8-5-12)22-19(26)16-9-6-14(20)10-17(16)21/h4-10,13H,2-3H2,1H3,(H,22,26)(H,24,25). The average Bonchev–Trinajstić information content (AvgIpc) is 3.45. The summed E-state index contributed by atoms with van der Waals surface area (Å²) in [5, 5.41) is 7.66. The fourth-order valence-corrected chi connectivity index (χ4v) is 2.80. The highest BCUT2D eigenvalue weighted by molar-refractivity contribution is 6.37. The molecule has 2 N–H and O–H groups in total. The average molecular weight is 390 g/mol. The lowest BCUT2D eigenvalue weighted by Gasteiger charge is -2.08. The minimum atomic E-state index is -0.318. The van der Waals surface area contributed by atoms with Crippen molar-refractivity contribution in [3.63, 3.8) is 0 Å². The summed E-state index contributed by atoms with van der Waals surface area (Å²) in [6, 6.07) is 11.9. The van der Waals surface area contributed by atoms with Gasteiger partial charge in [0.15, 0.2) is 0 Å². The molecule has 1 aliphatic rings. The number of hydrogen-bond donors (Lipinski definition) is 2. The van der Waals surface area contributed by atoms with Gasteiger partial charge in [0.2, 0.25) is 5.91 Å². The largest absolute Gasteiger partial charge is 0.322 e. The van der Waals surface area contributed by atoms with Crippen LogP contribution in [-0.2, 0) is 4.79 Å². The molecule has 2 amide bonds. The molecule has 0 heterocycles. The Morgan fingerprint density at radius 1 is 1.08 bits per heavy atom. The van der Waals surface area contributed by atoms with Gasteiger partial charge in [-0.1, -0.05) is 35.3 Å². The molecule has 0 bridgehead atoms. The van der Waals surface area contributed by atoms with Gasteiger partial charge in [-0.25, -0.2) is 5.43 Å². The number of hydrazone groups is 1. The predicted molar refractivity (Wildman–Crippen MR) is 104 cm³/mol. The number of hydrogen-bond acceptors (Lipinski definition) is 3. The highest BCUT2D eigenvalue weighted by Crippen LogP contribution is 2.28. The lowest BCUT2D eigenvalue weighted by Crippen LogP contribution is -2.20. The maximum Gasteiger partial charge on any atom is 0.257 e. The minimum absolute atomic E-state index is 0.0342. The SMILES string of the molecule is CC(=NNC(=O)C1CC1)c1ccc(NC(=O)c2ccc(Cl)cc2Cl)cc1. The summed E-state index contributed by atoms with van der Waals surface area (Å²) in [4.78, 5) is 23.9. The quantitative estimate of drug-likeness (QED) is 0.583. The third-order valence-corrected chi connectivity index (χ3v) is 4.57. The van der Waals surface area contributed by atoms with Crippen LogP contribution in [0.4, 0.5) is 5.69 Å². The first kappa shape index (κ1) is 18.4. The normalized spacial score (nSPS) is 14.0. The van der Waals surface area contributed by atoms with E-state index in [2.05, 4.69) is 15.8 Å². The summed E-state index contributed by atoms with van der Waals surface area (Å²) in [5.41, 5.74) is 5.09. The molecule has 1 fully saturated rings. The molecule has 134 valence electrons.